The zero-order valence-corrected chi connectivity index (χ0v) is 10.5. The van der Waals surface area contributed by atoms with Gasteiger partial charge in [0.15, 0.2) is 5.65 Å². The normalized spacial score (nSPS) is 11.2. The minimum atomic E-state index is -0.0998. The molecule has 0 atom stereocenters. The van der Waals surface area contributed by atoms with Gasteiger partial charge in [-0.2, -0.15) is 0 Å². The number of rotatable bonds is 7. The molecule has 6 nitrogen and oxygen atoms in total. The van der Waals surface area contributed by atoms with Crippen LogP contribution in [0.3, 0.4) is 0 Å². The predicted octanol–water partition coefficient (Wildman–Crippen LogP) is 0.122. The number of aromatic nitrogens is 3. The van der Waals surface area contributed by atoms with Gasteiger partial charge < -0.3 is 10.1 Å². The van der Waals surface area contributed by atoms with Gasteiger partial charge in [-0.05, 0) is 19.1 Å². The number of hydrogen-bond donors (Lipinski definition) is 1. The Morgan fingerprint density at radius 1 is 1.39 bits per heavy atom. The van der Waals surface area contributed by atoms with Crippen molar-refractivity contribution in [2.45, 2.75) is 13.5 Å². The second-order valence-electron chi connectivity index (χ2n) is 3.88. The van der Waals surface area contributed by atoms with E-state index in [9.17, 15) is 4.79 Å². The summed E-state index contributed by atoms with van der Waals surface area (Å²) in [5.41, 5.74) is 0.578. The molecule has 2 aromatic rings. The molecule has 18 heavy (non-hydrogen) atoms. The molecule has 1 N–H and O–H groups in total. The molecule has 6 heteroatoms. The molecule has 0 unspecified atom stereocenters. The standard InChI is InChI=1S/C12H18N4O2/c1-2-18-10-7-13-6-9-16-12(17)15-8-4-3-5-11(15)14-16/h3-5,8,13H,2,6-7,9-10H2,1H3. The van der Waals surface area contributed by atoms with Crippen molar-refractivity contribution in [1.82, 2.24) is 19.5 Å². The van der Waals surface area contributed by atoms with Crippen LogP contribution in [0.25, 0.3) is 5.65 Å². The van der Waals surface area contributed by atoms with Crippen molar-refractivity contribution < 1.29 is 4.74 Å². The average molecular weight is 250 g/mol. The third-order valence-electron chi connectivity index (χ3n) is 2.62. The largest absolute Gasteiger partial charge is 0.380 e. The van der Waals surface area contributed by atoms with Gasteiger partial charge in [-0.3, -0.25) is 4.40 Å². The van der Waals surface area contributed by atoms with Crippen molar-refractivity contribution in [3.8, 4) is 0 Å². The topological polar surface area (TPSA) is 60.6 Å². The van der Waals surface area contributed by atoms with Crippen molar-refractivity contribution >= 4 is 5.65 Å². The van der Waals surface area contributed by atoms with E-state index in [2.05, 4.69) is 10.4 Å². The Morgan fingerprint density at radius 3 is 3.06 bits per heavy atom. The summed E-state index contributed by atoms with van der Waals surface area (Å²) >= 11 is 0. The van der Waals surface area contributed by atoms with Crippen molar-refractivity contribution in [3.63, 3.8) is 0 Å². The Bertz CT molecular complexity index is 546. The molecule has 0 saturated carbocycles. The highest BCUT2D eigenvalue weighted by Crippen LogP contribution is 1.94. The fourth-order valence-electron chi connectivity index (χ4n) is 1.71. The zero-order valence-electron chi connectivity index (χ0n) is 10.5. The van der Waals surface area contributed by atoms with Crippen LogP contribution in [0, 0.1) is 0 Å². The first-order valence-corrected chi connectivity index (χ1v) is 6.15. The monoisotopic (exact) mass is 250 g/mol. The third-order valence-corrected chi connectivity index (χ3v) is 2.62. The molecule has 0 aromatic carbocycles. The van der Waals surface area contributed by atoms with E-state index in [0.29, 0.717) is 25.3 Å². The lowest BCUT2D eigenvalue weighted by atomic mass is 10.5. The Morgan fingerprint density at radius 2 is 2.28 bits per heavy atom. The lowest BCUT2D eigenvalue weighted by molar-refractivity contribution is 0.149. The van der Waals surface area contributed by atoms with E-state index in [1.54, 1.807) is 10.6 Å². The molecule has 98 valence electrons. The van der Waals surface area contributed by atoms with E-state index in [0.717, 1.165) is 13.2 Å². The minimum absolute atomic E-state index is 0.0998. The van der Waals surface area contributed by atoms with Crippen LogP contribution in [0.2, 0.25) is 0 Å². The molecule has 2 aromatic heterocycles. The molecule has 0 aliphatic rings. The van der Waals surface area contributed by atoms with Crippen LogP contribution in [0.1, 0.15) is 6.92 Å². The summed E-state index contributed by atoms with van der Waals surface area (Å²) in [6, 6.07) is 5.51. The highest BCUT2D eigenvalue weighted by molar-refractivity contribution is 5.35. The lowest BCUT2D eigenvalue weighted by Gasteiger charge is -2.03. The zero-order chi connectivity index (χ0) is 12.8. The highest BCUT2D eigenvalue weighted by Gasteiger charge is 2.04. The van der Waals surface area contributed by atoms with Crippen molar-refractivity contribution in [2.24, 2.45) is 0 Å². The third kappa shape index (κ3) is 2.96. The minimum Gasteiger partial charge on any atom is -0.380 e. The van der Waals surface area contributed by atoms with Gasteiger partial charge in [-0.15, -0.1) is 5.10 Å². The van der Waals surface area contributed by atoms with Crippen molar-refractivity contribution in [1.29, 1.82) is 0 Å². The first kappa shape index (κ1) is 12.8. The maximum absolute atomic E-state index is 11.9. The first-order chi connectivity index (χ1) is 8.83. The summed E-state index contributed by atoms with van der Waals surface area (Å²) in [6.07, 6.45) is 1.73. The predicted molar refractivity (Wildman–Crippen MR) is 68.8 cm³/mol. The molecular weight excluding hydrogens is 232 g/mol. The van der Waals surface area contributed by atoms with Gasteiger partial charge in [0.05, 0.1) is 13.2 Å². The molecule has 0 aliphatic heterocycles. The van der Waals surface area contributed by atoms with Crippen LogP contribution in [0.15, 0.2) is 29.2 Å². The van der Waals surface area contributed by atoms with Crippen LogP contribution in [0.4, 0.5) is 0 Å². The Balaban J connectivity index is 1.88. The van der Waals surface area contributed by atoms with Gasteiger partial charge in [-0.25, -0.2) is 9.48 Å². The molecule has 0 fully saturated rings. The second-order valence-corrected chi connectivity index (χ2v) is 3.88. The second kappa shape index (κ2) is 6.32. The summed E-state index contributed by atoms with van der Waals surface area (Å²) in [5.74, 6) is 0. The number of hydrogen-bond acceptors (Lipinski definition) is 4. The van der Waals surface area contributed by atoms with Gasteiger partial charge in [0.1, 0.15) is 0 Å². The van der Waals surface area contributed by atoms with Crippen LogP contribution >= 0.6 is 0 Å². The van der Waals surface area contributed by atoms with E-state index in [1.165, 1.54) is 4.68 Å². The molecule has 2 heterocycles. The molecule has 0 spiro atoms. The quantitative estimate of drug-likeness (QED) is 0.709. The fraction of sp³-hybridized carbons (Fsp3) is 0.500. The molecule has 0 amide bonds. The van der Waals surface area contributed by atoms with E-state index in [-0.39, 0.29) is 5.69 Å². The number of fused-ring (bicyclic) bond motifs is 1. The SMILES string of the molecule is CCOCCNCCn1nc2ccccn2c1=O. The van der Waals surface area contributed by atoms with E-state index < -0.39 is 0 Å². The van der Waals surface area contributed by atoms with E-state index in [4.69, 9.17) is 4.74 Å². The van der Waals surface area contributed by atoms with Gasteiger partial charge in [0.2, 0.25) is 0 Å². The van der Waals surface area contributed by atoms with E-state index in [1.807, 2.05) is 25.1 Å². The van der Waals surface area contributed by atoms with Gasteiger partial charge in [0.25, 0.3) is 0 Å². The molecule has 0 bridgehead atoms. The maximum atomic E-state index is 11.9. The van der Waals surface area contributed by atoms with Gasteiger partial charge in [-0.1, -0.05) is 6.07 Å². The first-order valence-electron chi connectivity index (χ1n) is 6.15. The van der Waals surface area contributed by atoms with Crippen LogP contribution in [-0.2, 0) is 11.3 Å². The Hall–Kier alpha value is -1.66. The van der Waals surface area contributed by atoms with Crippen LogP contribution in [0.5, 0.6) is 0 Å². The van der Waals surface area contributed by atoms with Crippen LogP contribution in [-0.4, -0.2) is 40.5 Å². The average Bonchev–Trinajstić information content (AvgIpc) is 2.71. The lowest BCUT2D eigenvalue weighted by Crippen LogP contribution is -2.29. The van der Waals surface area contributed by atoms with Gasteiger partial charge >= 0.3 is 5.69 Å². The molecule has 0 aliphatic carbocycles. The fourth-order valence-corrected chi connectivity index (χ4v) is 1.71. The number of nitrogens with zero attached hydrogens (tertiary/aromatic N) is 3. The number of nitrogens with one attached hydrogen (secondary N) is 1. The molecule has 0 radical (unpaired) electrons. The van der Waals surface area contributed by atoms with Gasteiger partial charge in [0, 0.05) is 25.9 Å². The molecule has 0 saturated heterocycles. The number of ether oxygens (including phenoxy) is 1. The summed E-state index contributed by atoms with van der Waals surface area (Å²) in [6.45, 7) is 5.44. The summed E-state index contributed by atoms with van der Waals surface area (Å²) in [7, 11) is 0. The van der Waals surface area contributed by atoms with Crippen molar-refractivity contribution in [2.75, 3.05) is 26.3 Å². The molecular formula is C12H18N4O2. The highest BCUT2D eigenvalue weighted by atomic mass is 16.5. The van der Waals surface area contributed by atoms with Crippen molar-refractivity contribution in [3.05, 3.63) is 34.9 Å². The molecule has 2 rings (SSSR count). The summed E-state index contributed by atoms with van der Waals surface area (Å²) in [4.78, 5) is 11.9. The number of pyridine rings is 1. The summed E-state index contributed by atoms with van der Waals surface area (Å²) in [5, 5.41) is 7.45. The smallest absolute Gasteiger partial charge is 0.350 e. The van der Waals surface area contributed by atoms with E-state index >= 15 is 0 Å². The summed E-state index contributed by atoms with van der Waals surface area (Å²) < 4.78 is 8.22. The Kier molecular flexibility index (Phi) is 4.49. The Labute approximate surface area is 105 Å². The maximum Gasteiger partial charge on any atom is 0.350 e. The van der Waals surface area contributed by atoms with Crippen LogP contribution < -0.4 is 11.0 Å².